The van der Waals surface area contributed by atoms with Crippen molar-refractivity contribution in [2.24, 2.45) is 0 Å². The number of hydrogen-bond donors (Lipinski definition) is 0. The molecule has 0 N–H and O–H groups in total. The molecule has 4 rings (SSSR count). The van der Waals surface area contributed by atoms with Gasteiger partial charge < -0.3 is 13.9 Å². The van der Waals surface area contributed by atoms with Crippen molar-refractivity contribution in [2.75, 3.05) is 13.8 Å². The third-order valence-electron chi connectivity index (χ3n) is 3.90. The van der Waals surface area contributed by atoms with Crippen molar-refractivity contribution in [3.05, 3.63) is 58.9 Å². The molecule has 128 valence electrons. The monoisotopic (exact) mass is 355 g/mol. The van der Waals surface area contributed by atoms with E-state index in [0.29, 0.717) is 23.1 Å². The third-order valence-corrected chi connectivity index (χ3v) is 4.19. The minimum absolute atomic E-state index is 0.237. The summed E-state index contributed by atoms with van der Waals surface area (Å²) in [5.41, 5.74) is 2.04. The maximum atomic E-state index is 5.66. The fourth-order valence-corrected chi connectivity index (χ4v) is 2.89. The van der Waals surface area contributed by atoms with E-state index in [1.165, 1.54) is 5.56 Å². The second-order valence-corrected chi connectivity index (χ2v) is 6.23. The van der Waals surface area contributed by atoms with Gasteiger partial charge in [-0.25, -0.2) is 4.68 Å². The van der Waals surface area contributed by atoms with Gasteiger partial charge in [-0.15, -0.1) is 5.10 Å². The molecule has 0 aliphatic carbocycles. The highest BCUT2D eigenvalue weighted by Crippen LogP contribution is 2.35. The van der Waals surface area contributed by atoms with Crippen LogP contribution in [0.4, 0.5) is 0 Å². The lowest BCUT2D eigenvalue weighted by Gasteiger charge is -2.15. The first-order valence-electron chi connectivity index (χ1n) is 7.89. The predicted octanol–water partition coefficient (Wildman–Crippen LogP) is 3.69. The molecule has 1 aliphatic rings. The molecule has 3 aromatic rings. The molecule has 1 aromatic heterocycles. The van der Waals surface area contributed by atoms with Crippen LogP contribution in [-0.4, -0.2) is 28.5 Å². The number of ether oxygens (including phenoxy) is 2. The van der Waals surface area contributed by atoms with Crippen LogP contribution in [0, 0.1) is 4.84 Å². The quantitative estimate of drug-likeness (QED) is 0.651. The molecule has 25 heavy (non-hydrogen) atoms. The number of hydrogen-bond acceptors (Lipinski definition) is 6. The van der Waals surface area contributed by atoms with Gasteiger partial charge in [-0.3, -0.25) is 4.90 Å². The molecular weight excluding hydrogens is 338 g/mol. The molecule has 0 spiro atoms. The summed E-state index contributed by atoms with van der Waals surface area (Å²) in [6, 6.07) is 15.8. The molecule has 0 atom stereocenters. The van der Waals surface area contributed by atoms with Crippen molar-refractivity contribution >= 4 is 12.2 Å². The minimum atomic E-state index is 0.237. The number of benzene rings is 2. The van der Waals surface area contributed by atoms with Crippen LogP contribution in [0.15, 0.2) is 52.9 Å². The molecule has 0 amide bonds. The molecule has 2 aromatic carbocycles. The third kappa shape index (κ3) is 3.42. The molecule has 7 heteroatoms. The summed E-state index contributed by atoms with van der Waals surface area (Å²) in [6.07, 6.45) is 0. The van der Waals surface area contributed by atoms with E-state index in [-0.39, 0.29) is 6.79 Å². The van der Waals surface area contributed by atoms with Gasteiger partial charge in [-0.2, -0.15) is 0 Å². The Bertz CT molecular complexity index is 936. The van der Waals surface area contributed by atoms with Crippen molar-refractivity contribution < 1.29 is 13.9 Å². The van der Waals surface area contributed by atoms with E-state index in [9.17, 15) is 0 Å². The first-order chi connectivity index (χ1) is 12.2. The highest BCUT2D eigenvalue weighted by atomic mass is 32.1. The normalized spacial score (nSPS) is 12.7. The second-order valence-electron chi connectivity index (χ2n) is 5.88. The van der Waals surface area contributed by atoms with Crippen LogP contribution in [0.3, 0.4) is 0 Å². The number of aromatic nitrogens is 2. The summed E-state index contributed by atoms with van der Waals surface area (Å²) >= 11 is 5.31. The van der Waals surface area contributed by atoms with Crippen LogP contribution >= 0.6 is 12.2 Å². The molecule has 0 fully saturated rings. The van der Waals surface area contributed by atoms with E-state index in [1.54, 1.807) is 4.68 Å². The van der Waals surface area contributed by atoms with Gasteiger partial charge in [0.05, 0.1) is 6.67 Å². The Morgan fingerprint density at radius 1 is 1.12 bits per heavy atom. The maximum absolute atomic E-state index is 5.66. The molecule has 1 aliphatic heterocycles. The van der Waals surface area contributed by atoms with Crippen LogP contribution in [0.25, 0.3) is 11.5 Å². The lowest BCUT2D eigenvalue weighted by molar-refractivity contribution is 0.174. The molecular formula is C18H17N3O3S. The molecule has 0 saturated heterocycles. The van der Waals surface area contributed by atoms with Gasteiger partial charge in [0.1, 0.15) is 0 Å². The van der Waals surface area contributed by atoms with Gasteiger partial charge in [0, 0.05) is 12.1 Å². The van der Waals surface area contributed by atoms with Gasteiger partial charge in [0.15, 0.2) is 11.5 Å². The summed E-state index contributed by atoms with van der Waals surface area (Å²) in [7, 11) is 2.02. The van der Waals surface area contributed by atoms with Crippen LogP contribution in [0.5, 0.6) is 11.5 Å². The van der Waals surface area contributed by atoms with Crippen LogP contribution in [0.2, 0.25) is 0 Å². The molecule has 2 heterocycles. The Kier molecular flexibility index (Phi) is 4.25. The smallest absolute Gasteiger partial charge is 0.288 e. The Morgan fingerprint density at radius 2 is 1.92 bits per heavy atom. The summed E-state index contributed by atoms with van der Waals surface area (Å²) in [4.78, 5) is 2.46. The zero-order valence-electron chi connectivity index (χ0n) is 13.7. The first-order valence-corrected chi connectivity index (χ1v) is 8.30. The van der Waals surface area contributed by atoms with Gasteiger partial charge in [0.25, 0.3) is 4.84 Å². The Hall–Kier alpha value is -2.64. The average molecular weight is 355 g/mol. The topological polar surface area (TPSA) is 52.7 Å². The zero-order valence-corrected chi connectivity index (χ0v) is 14.5. The SMILES string of the molecule is CN(Cc1ccccc1)Cn1nc(-c2ccc3c(c2)OCO3)oc1=S. The van der Waals surface area contributed by atoms with Crippen LogP contribution < -0.4 is 9.47 Å². The summed E-state index contributed by atoms with van der Waals surface area (Å²) in [6.45, 7) is 1.58. The van der Waals surface area contributed by atoms with E-state index in [0.717, 1.165) is 17.9 Å². The number of fused-ring (bicyclic) bond motifs is 1. The van der Waals surface area contributed by atoms with E-state index < -0.39 is 0 Å². The van der Waals surface area contributed by atoms with Gasteiger partial charge >= 0.3 is 0 Å². The van der Waals surface area contributed by atoms with Crippen LogP contribution in [-0.2, 0) is 13.2 Å². The summed E-state index contributed by atoms with van der Waals surface area (Å²) in [5, 5.41) is 4.49. The molecule has 0 bridgehead atoms. The molecule has 0 saturated carbocycles. The first kappa shape index (κ1) is 15.9. The molecule has 6 nitrogen and oxygen atoms in total. The van der Waals surface area contributed by atoms with E-state index in [2.05, 4.69) is 22.1 Å². The Balaban J connectivity index is 1.51. The second kappa shape index (κ2) is 6.70. The van der Waals surface area contributed by atoms with Crippen molar-refractivity contribution in [2.45, 2.75) is 13.2 Å². The fourth-order valence-electron chi connectivity index (χ4n) is 2.72. The summed E-state index contributed by atoms with van der Waals surface area (Å²) in [5.74, 6) is 1.88. The van der Waals surface area contributed by atoms with Crippen molar-refractivity contribution in [3.63, 3.8) is 0 Å². The summed E-state index contributed by atoms with van der Waals surface area (Å²) < 4.78 is 18.1. The van der Waals surface area contributed by atoms with E-state index >= 15 is 0 Å². The van der Waals surface area contributed by atoms with Gasteiger partial charge in [0.2, 0.25) is 12.7 Å². The van der Waals surface area contributed by atoms with E-state index in [1.807, 2.05) is 43.4 Å². The minimum Gasteiger partial charge on any atom is -0.454 e. The van der Waals surface area contributed by atoms with Gasteiger partial charge in [-0.1, -0.05) is 30.3 Å². The fraction of sp³-hybridized carbons (Fsp3) is 0.222. The highest BCUT2D eigenvalue weighted by Gasteiger charge is 2.17. The largest absolute Gasteiger partial charge is 0.454 e. The average Bonchev–Trinajstić information content (AvgIpc) is 3.22. The molecule has 0 unspecified atom stereocenters. The zero-order chi connectivity index (χ0) is 17.2. The lowest BCUT2D eigenvalue weighted by atomic mass is 10.2. The van der Waals surface area contributed by atoms with Crippen molar-refractivity contribution in [1.29, 1.82) is 0 Å². The molecule has 0 radical (unpaired) electrons. The van der Waals surface area contributed by atoms with Crippen molar-refractivity contribution in [3.8, 4) is 23.0 Å². The Labute approximate surface area is 150 Å². The lowest BCUT2D eigenvalue weighted by Crippen LogP contribution is -2.22. The highest BCUT2D eigenvalue weighted by molar-refractivity contribution is 7.71. The number of nitrogens with zero attached hydrogens (tertiary/aromatic N) is 3. The van der Waals surface area contributed by atoms with E-state index in [4.69, 9.17) is 26.1 Å². The maximum Gasteiger partial charge on any atom is 0.288 e. The van der Waals surface area contributed by atoms with Crippen LogP contribution in [0.1, 0.15) is 5.56 Å². The van der Waals surface area contributed by atoms with Crippen molar-refractivity contribution in [1.82, 2.24) is 14.7 Å². The standard InChI is InChI=1S/C18H17N3O3S/c1-20(10-13-5-3-2-4-6-13)11-21-18(25)24-17(19-21)14-7-8-15-16(9-14)23-12-22-15/h2-9H,10-12H2,1H3. The predicted molar refractivity (Wildman–Crippen MR) is 94.8 cm³/mol. The number of rotatable bonds is 5. The van der Waals surface area contributed by atoms with Gasteiger partial charge in [-0.05, 0) is 43.0 Å². The Morgan fingerprint density at radius 3 is 2.76 bits per heavy atom.